The number of aliphatic imine (C=N–C) groups is 1. The van der Waals surface area contributed by atoms with Gasteiger partial charge in [0.2, 0.25) is 0 Å². The Balaban J connectivity index is 1.59. The van der Waals surface area contributed by atoms with E-state index in [-0.39, 0.29) is 11.6 Å². The summed E-state index contributed by atoms with van der Waals surface area (Å²) in [4.78, 5) is 17.5. The second kappa shape index (κ2) is 9.21. The van der Waals surface area contributed by atoms with Crippen LogP contribution in [0.5, 0.6) is 0 Å². The molecule has 1 aromatic heterocycles. The van der Waals surface area contributed by atoms with E-state index in [0.29, 0.717) is 17.2 Å². The van der Waals surface area contributed by atoms with Gasteiger partial charge in [-0.3, -0.25) is 18.9 Å². The number of fused-ring (bicyclic) bond motifs is 1. The predicted molar refractivity (Wildman–Crippen MR) is 135 cm³/mol. The molecule has 3 atom stereocenters. The SMILES string of the molecule is COC1N=CC(c2cc3c(n(C4CC4)c2=O)=CC(N)NC=3C)=CC1NS(O)(O)c1ccc(F)cc1F. The van der Waals surface area contributed by atoms with E-state index >= 15 is 0 Å². The van der Waals surface area contributed by atoms with Crippen LogP contribution < -0.4 is 31.9 Å². The second-order valence-electron chi connectivity index (χ2n) is 9.02. The second-order valence-corrected chi connectivity index (χ2v) is 10.8. The van der Waals surface area contributed by atoms with Gasteiger partial charge < -0.3 is 20.4 Å². The van der Waals surface area contributed by atoms with Gasteiger partial charge in [-0.2, -0.15) is 0 Å². The average molecular weight is 520 g/mol. The van der Waals surface area contributed by atoms with Crippen LogP contribution in [0, 0.1) is 11.6 Å². The summed E-state index contributed by atoms with van der Waals surface area (Å²) < 4.78 is 58.8. The van der Waals surface area contributed by atoms with Gasteiger partial charge in [0.05, 0.1) is 17.6 Å². The van der Waals surface area contributed by atoms with Crippen LogP contribution >= 0.6 is 10.8 Å². The smallest absolute Gasteiger partial charge is 0.259 e. The lowest BCUT2D eigenvalue weighted by atomic mass is 10.0. The highest BCUT2D eigenvalue weighted by molar-refractivity contribution is 8.22. The number of pyridine rings is 1. The summed E-state index contributed by atoms with van der Waals surface area (Å²) >= 11 is 0. The molecular formula is C24H27F2N5O4S. The number of nitrogens with zero attached hydrogens (tertiary/aromatic N) is 2. The molecule has 3 unspecified atom stereocenters. The standard InChI is InChI=1S/C24H27F2N5O4S/c1-12-16-9-17(24(32)31(15-4-5-15)20(16)10-22(27)29-12)13-7-19(23(35-2)28-11-13)30-36(33,34)21-6-3-14(25)8-18(21)26/h3,6-11,15,19,22-23,29-30,33-34H,4-5,27H2,1-2H3. The van der Waals surface area contributed by atoms with Gasteiger partial charge in [-0.25, -0.2) is 13.5 Å². The fourth-order valence-electron chi connectivity index (χ4n) is 4.54. The van der Waals surface area contributed by atoms with Crippen LogP contribution in [0.25, 0.3) is 17.3 Å². The van der Waals surface area contributed by atoms with Crippen molar-refractivity contribution in [3.05, 3.63) is 68.5 Å². The van der Waals surface area contributed by atoms with Crippen molar-refractivity contribution in [2.24, 2.45) is 10.7 Å². The molecule has 0 radical (unpaired) electrons. The molecular weight excluding hydrogens is 492 g/mol. The highest BCUT2D eigenvalue weighted by atomic mass is 32.3. The van der Waals surface area contributed by atoms with Crippen molar-refractivity contribution in [3.63, 3.8) is 0 Å². The third-order valence-corrected chi connectivity index (χ3v) is 7.94. The molecule has 6 N–H and O–H groups in total. The van der Waals surface area contributed by atoms with Gasteiger partial charge >= 0.3 is 0 Å². The number of ether oxygens (including phenoxy) is 1. The van der Waals surface area contributed by atoms with E-state index in [2.05, 4.69) is 15.0 Å². The summed E-state index contributed by atoms with van der Waals surface area (Å²) in [6, 6.07) is 3.39. The zero-order chi connectivity index (χ0) is 25.8. The third-order valence-electron chi connectivity index (χ3n) is 6.39. The van der Waals surface area contributed by atoms with Crippen LogP contribution in [0.4, 0.5) is 8.78 Å². The number of hydrogen-bond donors (Lipinski definition) is 5. The van der Waals surface area contributed by atoms with E-state index in [1.165, 1.54) is 13.3 Å². The first-order valence-electron chi connectivity index (χ1n) is 11.4. The van der Waals surface area contributed by atoms with Gasteiger partial charge in [0.1, 0.15) is 10.7 Å². The molecule has 0 saturated heterocycles. The number of halogens is 2. The number of methoxy groups -OCH3 is 1. The number of rotatable bonds is 6. The molecule has 0 spiro atoms. The van der Waals surface area contributed by atoms with Crippen molar-refractivity contribution in [2.45, 2.75) is 49.1 Å². The Bertz CT molecular complexity index is 1470. The normalized spacial score (nSPS) is 24.0. The summed E-state index contributed by atoms with van der Waals surface area (Å²) in [7, 11) is -2.52. The van der Waals surface area contributed by atoms with Gasteiger partial charge in [0, 0.05) is 47.5 Å². The van der Waals surface area contributed by atoms with Gasteiger partial charge in [-0.1, -0.05) is 6.08 Å². The topological polar surface area (TPSA) is 134 Å². The Morgan fingerprint density at radius 2 is 2.00 bits per heavy atom. The molecule has 1 aromatic carbocycles. The minimum Gasteiger partial charge on any atom is -0.370 e. The summed E-state index contributed by atoms with van der Waals surface area (Å²) in [5.74, 6) is -1.94. The Hall–Kier alpha value is -2.87. The molecule has 1 fully saturated rings. The van der Waals surface area contributed by atoms with Crippen molar-refractivity contribution in [3.8, 4) is 0 Å². The average Bonchev–Trinajstić information content (AvgIpc) is 3.63. The zero-order valence-electron chi connectivity index (χ0n) is 19.6. The Morgan fingerprint density at radius 3 is 2.67 bits per heavy atom. The summed E-state index contributed by atoms with van der Waals surface area (Å²) in [5.41, 5.74) is 7.52. The van der Waals surface area contributed by atoms with Gasteiger partial charge in [0.25, 0.3) is 5.56 Å². The highest BCUT2D eigenvalue weighted by Gasteiger charge is 2.32. The highest BCUT2D eigenvalue weighted by Crippen LogP contribution is 2.46. The van der Waals surface area contributed by atoms with Crippen molar-refractivity contribution in [1.29, 1.82) is 0 Å². The van der Waals surface area contributed by atoms with Crippen LogP contribution in [-0.4, -0.2) is 45.4 Å². The number of nitrogens with one attached hydrogen (secondary N) is 2. The fourth-order valence-corrected chi connectivity index (χ4v) is 5.82. The van der Waals surface area contributed by atoms with Crippen molar-refractivity contribution >= 4 is 34.3 Å². The molecule has 2 aliphatic heterocycles. The molecule has 192 valence electrons. The molecule has 0 amide bonds. The van der Waals surface area contributed by atoms with Crippen molar-refractivity contribution < 1.29 is 22.6 Å². The molecule has 1 saturated carbocycles. The molecule has 0 bridgehead atoms. The van der Waals surface area contributed by atoms with Crippen LogP contribution in [0.2, 0.25) is 0 Å². The van der Waals surface area contributed by atoms with Crippen LogP contribution in [0.15, 0.2) is 45.0 Å². The fraction of sp³-hybridized carbons (Fsp3) is 0.333. The van der Waals surface area contributed by atoms with Gasteiger partial charge in [-0.05, 0) is 44.0 Å². The summed E-state index contributed by atoms with van der Waals surface area (Å²) in [6.45, 7) is 1.89. The minimum atomic E-state index is -3.91. The lowest BCUT2D eigenvalue weighted by Gasteiger charge is -2.38. The maximum absolute atomic E-state index is 14.3. The summed E-state index contributed by atoms with van der Waals surface area (Å²) in [6.07, 6.45) is 5.41. The van der Waals surface area contributed by atoms with Crippen LogP contribution in [0.3, 0.4) is 0 Å². The third kappa shape index (κ3) is 4.51. The first-order chi connectivity index (χ1) is 17.1. The first-order valence-corrected chi connectivity index (χ1v) is 12.9. The Morgan fingerprint density at radius 1 is 1.25 bits per heavy atom. The molecule has 1 aliphatic carbocycles. The monoisotopic (exact) mass is 519 g/mol. The quantitative estimate of drug-likeness (QED) is 0.389. The predicted octanol–water partition coefficient (Wildman–Crippen LogP) is 1.38. The number of allylic oxidation sites excluding steroid dienone is 1. The van der Waals surface area contributed by atoms with Crippen LogP contribution in [-0.2, 0) is 4.74 Å². The van der Waals surface area contributed by atoms with Gasteiger partial charge in [0.15, 0.2) is 12.0 Å². The number of aromatic nitrogens is 1. The molecule has 3 heterocycles. The largest absolute Gasteiger partial charge is 0.370 e. The van der Waals surface area contributed by atoms with E-state index in [1.54, 1.807) is 16.7 Å². The first kappa shape index (κ1) is 24.8. The van der Waals surface area contributed by atoms with E-state index in [9.17, 15) is 22.7 Å². The Kier molecular flexibility index (Phi) is 6.35. The summed E-state index contributed by atoms with van der Waals surface area (Å²) in [5, 5.41) is 4.78. The number of nitrogens with two attached hydrogens (primary N) is 1. The van der Waals surface area contributed by atoms with Crippen molar-refractivity contribution in [2.75, 3.05) is 7.11 Å². The van der Waals surface area contributed by atoms with E-state index < -0.39 is 45.7 Å². The number of dihydropyridines is 1. The molecule has 3 aliphatic rings. The van der Waals surface area contributed by atoms with Crippen molar-refractivity contribution in [1.82, 2.24) is 14.6 Å². The maximum Gasteiger partial charge on any atom is 0.259 e. The number of hydrogen-bond acceptors (Lipinski definition) is 8. The number of benzene rings is 1. The molecule has 2 aromatic rings. The van der Waals surface area contributed by atoms with E-state index in [0.717, 1.165) is 41.2 Å². The molecule has 36 heavy (non-hydrogen) atoms. The van der Waals surface area contributed by atoms with E-state index in [4.69, 9.17) is 10.5 Å². The minimum absolute atomic E-state index is 0.0794. The van der Waals surface area contributed by atoms with E-state index in [1.807, 2.05) is 13.0 Å². The maximum atomic E-state index is 14.3. The lowest BCUT2D eigenvalue weighted by Crippen LogP contribution is -2.53. The van der Waals surface area contributed by atoms with Gasteiger partial charge in [-0.15, -0.1) is 10.8 Å². The molecule has 9 nitrogen and oxygen atoms in total. The Labute approximate surface area is 207 Å². The lowest BCUT2D eigenvalue weighted by molar-refractivity contribution is 0.0945. The molecule has 12 heteroatoms. The zero-order valence-corrected chi connectivity index (χ0v) is 20.4. The molecule has 5 rings (SSSR count). The van der Waals surface area contributed by atoms with Crippen LogP contribution in [0.1, 0.15) is 31.4 Å².